The Balaban J connectivity index is 4.40. The Morgan fingerprint density at radius 2 is 1.21 bits per heavy atom. The Labute approximate surface area is 91.7 Å². The summed E-state index contributed by atoms with van der Waals surface area (Å²) in [6.45, 7) is 9.14. The van der Waals surface area contributed by atoms with E-state index in [-0.39, 0.29) is 15.5 Å². The van der Waals surface area contributed by atoms with Crippen LogP contribution in [0.4, 0.5) is 0 Å². The number of rotatable bonds is 4. The van der Waals surface area contributed by atoms with Crippen molar-refractivity contribution in [3.8, 4) is 0 Å². The van der Waals surface area contributed by atoms with Crippen LogP contribution in [0.25, 0.3) is 0 Å². The molecule has 0 aliphatic rings. The maximum absolute atomic E-state index is 3.73. The summed E-state index contributed by atoms with van der Waals surface area (Å²) in [5.74, 6) is -0.0144. The molecule has 0 aliphatic carbocycles. The highest BCUT2D eigenvalue weighted by atomic mass is 28.2. The molecule has 0 bridgehead atoms. The van der Waals surface area contributed by atoms with Crippen molar-refractivity contribution >= 4 is 9.68 Å². The van der Waals surface area contributed by atoms with Gasteiger partial charge in [-0.15, -0.1) is 0 Å². The molecule has 14 heavy (non-hydrogen) atoms. The van der Waals surface area contributed by atoms with E-state index in [1.807, 2.05) is 0 Å². The van der Waals surface area contributed by atoms with Crippen molar-refractivity contribution < 1.29 is 0 Å². The molecule has 0 aromatic heterocycles. The topological polar surface area (TPSA) is 18.5 Å². The normalized spacial score (nSPS) is 15.0. The zero-order valence-electron chi connectivity index (χ0n) is 11.1. The molecule has 1 N–H and O–H groups in total. The fourth-order valence-electron chi connectivity index (χ4n) is 1.15. The molecule has 0 unspecified atom stereocenters. The zero-order chi connectivity index (χ0) is 11.6. The van der Waals surface area contributed by atoms with E-state index >= 15 is 0 Å². The molecule has 86 valence electrons. The van der Waals surface area contributed by atoms with Gasteiger partial charge in [0.05, 0.1) is 0 Å². The van der Waals surface area contributed by atoms with E-state index in [9.17, 15) is 0 Å². The van der Waals surface area contributed by atoms with Crippen LogP contribution in [0.1, 0.15) is 27.7 Å². The van der Waals surface area contributed by atoms with Gasteiger partial charge in [-0.3, -0.25) is 9.80 Å². The Morgan fingerprint density at radius 3 is 1.43 bits per heavy atom. The highest BCUT2D eigenvalue weighted by Gasteiger charge is 2.30. The Bertz CT molecular complexity index is 165. The molecule has 0 aromatic carbocycles. The molecule has 0 radical (unpaired) electrons. The van der Waals surface area contributed by atoms with Gasteiger partial charge in [-0.05, 0) is 40.2 Å². The van der Waals surface area contributed by atoms with Gasteiger partial charge in [0.1, 0.15) is 15.5 Å². The van der Waals surface area contributed by atoms with Crippen molar-refractivity contribution in [3.05, 3.63) is 0 Å². The van der Waals surface area contributed by atoms with Gasteiger partial charge in [0.25, 0.3) is 0 Å². The molecule has 3 nitrogen and oxygen atoms in total. The molecule has 0 aromatic rings. The number of hydrogen-bond donors (Lipinski definition) is 1. The average molecular weight is 217 g/mol. The molecule has 0 amide bonds. The van der Waals surface area contributed by atoms with Crippen molar-refractivity contribution in [2.24, 2.45) is 0 Å². The number of nitrogens with zero attached hydrogens (tertiary/aromatic N) is 2. The summed E-state index contributed by atoms with van der Waals surface area (Å²) in [6, 6.07) is 0. The van der Waals surface area contributed by atoms with E-state index < -0.39 is 0 Å². The SMILES string of the molecule is CN(C)C(C)(N[SiH2]C(C)(C)C)N(C)C. The van der Waals surface area contributed by atoms with Crippen LogP contribution in [0.15, 0.2) is 0 Å². The summed E-state index contributed by atoms with van der Waals surface area (Å²) in [7, 11) is 8.19. The van der Waals surface area contributed by atoms with E-state index in [0.29, 0.717) is 5.04 Å². The first kappa shape index (κ1) is 14.1. The van der Waals surface area contributed by atoms with E-state index in [2.05, 4.69) is 70.7 Å². The Hall–Kier alpha value is 0.0969. The summed E-state index contributed by atoms with van der Waals surface area (Å²) < 4.78 is 0. The summed E-state index contributed by atoms with van der Waals surface area (Å²) in [6.07, 6.45) is 0. The van der Waals surface area contributed by atoms with Gasteiger partial charge in [-0.2, -0.15) is 0 Å². The molecule has 0 saturated carbocycles. The Kier molecular flexibility index (Phi) is 4.78. The minimum absolute atomic E-state index is 0.0144. The van der Waals surface area contributed by atoms with Crippen molar-refractivity contribution in [1.29, 1.82) is 0 Å². The van der Waals surface area contributed by atoms with Crippen molar-refractivity contribution in [3.63, 3.8) is 0 Å². The molecule has 4 heteroatoms. The fraction of sp³-hybridized carbons (Fsp3) is 1.00. The van der Waals surface area contributed by atoms with Crippen molar-refractivity contribution in [2.75, 3.05) is 28.2 Å². The largest absolute Gasteiger partial charge is 0.313 e. The van der Waals surface area contributed by atoms with Crippen LogP contribution in [-0.2, 0) is 0 Å². The number of hydrogen-bond acceptors (Lipinski definition) is 3. The second kappa shape index (κ2) is 4.75. The van der Waals surface area contributed by atoms with Crippen LogP contribution in [0.5, 0.6) is 0 Å². The lowest BCUT2D eigenvalue weighted by Gasteiger charge is -2.44. The predicted octanol–water partition coefficient (Wildman–Crippen LogP) is 0.675. The number of nitrogens with one attached hydrogen (secondary N) is 1. The molecule has 0 aliphatic heterocycles. The van der Waals surface area contributed by atoms with Crippen molar-refractivity contribution in [2.45, 2.75) is 38.5 Å². The second-order valence-corrected chi connectivity index (χ2v) is 8.55. The lowest BCUT2D eigenvalue weighted by molar-refractivity contribution is 0.00923. The molecule has 0 fully saturated rings. The van der Waals surface area contributed by atoms with E-state index in [1.165, 1.54) is 0 Å². The van der Waals surface area contributed by atoms with Crippen LogP contribution in [0.2, 0.25) is 5.04 Å². The van der Waals surface area contributed by atoms with Gasteiger partial charge in [0, 0.05) is 0 Å². The summed E-state index contributed by atoms with van der Waals surface area (Å²) >= 11 is 0. The maximum atomic E-state index is 3.73. The van der Waals surface area contributed by atoms with Gasteiger partial charge in [-0.1, -0.05) is 20.8 Å². The predicted molar refractivity (Wildman–Crippen MR) is 67.2 cm³/mol. The maximum Gasteiger partial charge on any atom is 0.118 e. The van der Waals surface area contributed by atoms with Gasteiger partial charge >= 0.3 is 0 Å². The third-order valence-electron chi connectivity index (χ3n) is 2.70. The highest BCUT2D eigenvalue weighted by molar-refractivity contribution is 6.36. The standard InChI is InChI=1S/C10H27N3Si/c1-9(2,3)14-11-10(4,12(5)6)13(7)8/h11H,14H2,1-8H3. The first-order valence-electron chi connectivity index (χ1n) is 5.19. The summed E-state index contributed by atoms with van der Waals surface area (Å²) in [5, 5.41) is 0.452. The fourth-order valence-corrected chi connectivity index (χ4v) is 2.65. The third-order valence-corrected chi connectivity index (χ3v) is 4.60. The Morgan fingerprint density at radius 1 is 0.857 bits per heavy atom. The minimum atomic E-state index is -0.273. The summed E-state index contributed by atoms with van der Waals surface area (Å²) in [4.78, 5) is 8.18. The van der Waals surface area contributed by atoms with Gasteiger partial charge < -0.3 is 4.98 Å². The molecule has 0 rings (SSSR count). The smallest absolute Gasteiger partial charge is 0.118 e. The molecular formula is C10H27N3Si. The van der Waals surface area contributed by atoms with Crippen LogP contribution >= 0.6 is 0 Å². The van der Waals surface area contributed by atoms with Crippen LogP contribution in [0, 0.1) is 0 Å². The van der Waals surface area contributed by atoms with E-state index in [0.717, 1.165) is 0 Å². The van der Waals surface area contributed by atoms with Gasteiger partial charge in [-0.25, -0.2) is 0 Å². The lowest BCUT2D eigenvalue weighted by atomic mass is 10.3. The van der Waals surface area contributed by atoms with Crippen LogP contribution in [0.3, 0.4) is 0 Å². The minimum Gasteiger partial charge on any atom is -0.313 e. The summed E-state index contributed by atoms with van der Waals surface area (Å²) in [5.41, 5.74) is 0. The highest BCUT2D eigenvalue weighted by Crippen LogP contribution is 2.20. The van der Waals surface area contributed by atoms with Gasteiger partial charge in [0.2, 0.25) is 0 Å². The average Bonchev–Trinajstić information content (AvgIpc) is 1.97. The second-order valence-electron chi connectivity index (χ2n) is 5.72. The third kappa shape index (κ3) is 4.08. The van der Waals surface area contributed by atoms with E-state index in [4.69, 9.17) is 0 Å². The van der Waals surface area contributed by atoms with Crippen molar-refractivity contribution in [1.82, 2.24) is 14.8 Å². The molecular weight excluding hydrogens is 190 g/mol. The lowest BCUT2D eigenvalue weighted by Crippen LogP contribution is -2.64. The van der Waals surface area contributed by atoms with Crippen LogP contribution < -0.4 is 4.98 Å². The quantitative estimate of drug-likeness (QED) is 0.552. The van der Waals surface area contributed by atoms with Crippen LogP contribution in [-0.4, -0.2) is 53.5 Å². The zero-order valence-corrected chi connectivity index (χ0v) is 12.5. The van der Waals surface area contributed by atoms with E-state index in [1.54, 1.807) is 0 Å². The first-order chi connectivity index (χ1) is 6.09. The molecule has 0 spiro atoms. The molecule has 0 saturated heterocycles. The monoisotopic (exact) mass is 217 g/mol. The first-order valence-corrected chi connectivity index (χ1v) is 6.61. The molecule has 0 heterocycles. The molecule has 0 atom stereocenters. The van der Waals surface area contributed by atoms with Gasteiger partial charge in [0.15, 0.2) is 0 Å².